The standard InChI is InChI=1S/C16H24N2O/c1-12-10-18(7-6-17-12)11-13-4-5-15-14(8-13)9-16(2,3)19-15/h4-5,8,12,17H,6-7,9-11H2,1-3H3. The predicted molar refractivity (Wildman–Crippen MR) is 77.6 cm³/mol. The minimum Gasteiger partial charge on any atom is -0.487 e. The third-order valence-electron chi connectivity index (χ3n) is 3.99. The van der Waals surface area contributed by atoms with Gasteiger partial charge in [-0.05, 0) is 38.0 Å². The van der Waals surface area contributed by atoms with E-state index in [1.54, 1.807) is 0 Å². The van der Waals surface area contributed by atoms with Gasteiger partial charge in [0.25, 0.3) is 0 Å². The lowest BCUT2D eigenvalue weighted by Gasteiger charge is -2.31. The lowest BCUT2D eigenvalue weighted by molar-refractivity contribution is 0.138. The maximum Gasteiger partial charge on any atom is 0.123 e. The molecule has 0 amide bonds. The molecule has 19 heavy (non-hydrogen) atoms. The topological polar surface area (TPSA) is 24.5 Å². The zero-order chi connectivity index (χ0) is 13.5. The van der Waals surface area contributed by atoms with Gasteiger partial charge in [0.2, 0.25) is 0 Å². The van der Waals surface area contributed by atoms with Crippen molar-refractivity contribution in [3.8, 4) is 5.75 Å². The molecule has 0 saturated carbocycles. The van der Waals surface area contributed by atoms with Crippen molar-refractivity contribution in [3.63, 3.8) is 0 Å². The molecule has 0 aliphatic carbocycles. The number of benzene rings is 1. The number of hydrogen-bond acceptors (Lipinski definition) is 3. The summed E-state index contributed by atoms with van der Waals surface area (Å²) in [6, 6.07) is 7.29. The normalized spacial score (nSPS) is 25.9. The molecule has 3 nitrogen and oxygen atoms in total. The largest absolute Gasteiger partial charge is 0.487 e. The van der Waals surface area contributed by atoms with Crippen molar-refractivity contribution in [2.24, 2.45) is 0 Å². The van der Waals surface area contributed by atoms with Gasteiger partial charge in [0, 0.05) is 38.6 Å². The van der Waals surface area contributed by atoms with E-state index in [4.69, 9.17) is 4.74 Å². The van der Waals surface area contributed by atoms with Crippen LogP contribution in [0.3, 0.4) is 0 Å². The Morgan fingerprint density at radius 1 is 1.42 bits per heavy atom. The summed E-state index contributed by atoms with van der Waals surface area (Å²) in [4.78, 5) is 2.53. The summed E-state index contributed by atoms with van der Waals surface area (Å²) in [6.07, 6.45) is 1.02. The number of nitrogens with zero attached hydrogens (tertiary/aromatic N) is 1. The summed E-state index contributed by atoms with van der Waals surface area (Å²) in [6.45, 7) is 11.0. The van der Waals surface area contributed by atoms with Gasteiger partial charge in [-0.2, -0.15) is 0 Å². The Hall–Kier alpha value is -1.06. The third kappa shape index (κ3) is 2.93. The molecular formula is C16H24N2O. The van der Waals surface area contributed by atoms with Gasteiger partial charge in [-0.1, -0.05) is 12.1 Å². The Morgan fingerprint density at radius 2 is 2.26 bits per heavy atom. The monoisotopic (exact) mass is 260 g/mol. The summed E-state index contributed by atoms with van der Waals surface area (Å²) in [5, 5.41) is 3.49. The van der Waals surface area contributed by atoms with Crippen molar-refractivity contribution in [2.45, 2.75) is 45.4 Å². The van der Waals surface area contributed by atoms with Gasteiger partial charge >= 0.3 is 0 Å². The molecule has 2 aliphatic rings. The van der Waals surface area contributed by atoms with Crippen LogP contribution in [0.1, 0.15) is 31.9 Å². The van der Waals surface area contributed by atoms with E-state index in [1.165, 1.54) is 11.1 Å². The quantitative estimate of drug-likeness (QED) is 0.882. The molecule has 3 rings (SSSR count). The van der Waals surface area contributed by atoms with E-state index in [1.807, 2.05) is 0 Å². The third-order valence-corrected chi connectivity index (χ3v) is 3.99. The van der Waals surface area contributed by atoms with Crippen LogP contribution in [0.2, 0.25) is 0 Å². The molecule has 1 saturated heterocycles. The first-order valence-corrected chi connectivity index (χ1v) is 7.28. The van der Waals surface area contributed by atoms with Crippen LogP contribution in [0.5, 0.6) is 5.75 Å². The van der Waals surface area contributed by atoms with E-state index >= 15 is 0 Å². The van der Waals surface area contributed by atoms with Crippen LogP contribution >= 0.6 is 0 Å². The predicted octanol–water partition coefficient (Wildman–Crippen LogP) is 2.19. The molecule has 1 fully saturated rings. The Morgan fingerprint density at radius 3 is 3.05 bits per heavy atom. The van der Waals surface area contributed by atoms with Crippen LogP contribution in [-0.2, 0) is 13.0 Å². The summed E-state index contributed by atoms with van der Waals surface area (Å²) in [7, 11) is 0. The Labute approximate surface area is 115 Å². The summed E-state index contributed by atoms with van der Waals surface area (Å²) < 4.78 is 5.93. The van der Waals surface area contributed by atoms with Gasteiger partial charge in [0.1, 0.15) is 11.4 Å². The van der Waals surface area contributed by atoms with Crippen LogP contribution in [0.25, 0.3) is 0 Å². The molecule has 1 aromatic rings. The molecule has 1 aromatic carbocycles. The first-order valence-electron chi connectivity index (χ1n) is 7.28. The SMILES string of the molecule is CC1CN(Cc2ccc3c(c2)CC(C)(C)O3)CCN1. The highest BCUT2D eigenvalue weighted by Crippen LogP contribution is 2.35. The van der Waals surface area contributed by atoms with E-state index in [-0.39, 0.29) is 5.60 Å². The van der Waals surface area contributed by atoms with Crippen molar-refractivity contribution in [3.05, 3.63) is 29.3 Å². The van der Waals surface area contributed by atoms with Gasteiger partial charge in [0.05, 0.1) is 0 Å². The van der Waals surface area contributed by atoms with E-state index in [2.05, 4.69) is 49.2 Å². The fourth-order valence-electron chi connectivity index (χ4n) is 3.18. The molecule has 0 radical (unpaired) electrons. The first kappa shape index (κ1) is 12.9. The molecule has 1 N–H and O–H groups in total. The molecule has 2 heterocycles. The van der Waals surface area contributed by atoms with E-state index < -0.39 is 0 Å². The zero-order valence-electron chi connectivity index (χ0n) is 12.2. The molecular weight excluding hydrogens is 236 g/mol. The fourth-order valence-corrected chi connectivity index (χ4v) is 3.18. The number of ether oxygens (including phenoxy) is 1. The maximum atomic E-state index is 5.93. The van der Waals surface area contributed by atoms with Gasteiger partial charge in [-0.3, -0.25) is 4.90 Å². The first-order chi connectivity index (χ1) is 9.02. The highest BCUT2D eigenvalue weighted by atomic mass is 16.5. The number of piperazine rings is 1. The Balaban J connectivity index is 1.70. The number of hydrogen-bond donors (Lipinski definition) is 1. The molecule has 1 atom stereocenters. The van der Waals surface area contributed by atoms with E-state index in [9.17, 15) is 0 Å². The second-order valence-corrected chi connectivity index (χ2v) is 6.57. The average Bonchev–Trinajstić information content (AvgIpc) is 2.62. The Bertz CT molecular complexity index is 470. The summed E-state index contributed by atoms with van der Waals surface area (Å²) >= 11 is 0. The second kappa shape index (κ2) is 4.80. The number of fused-ring (bicyclic) bond motifs is 1. The van der Waals surface area contributed by atoms with Crippen molar-refractivity contribution in [1.82, 2.24) is 10.2 Å². The molecule has 104 valence electrons. The van der Waals surface area contributed by atoms with Crippen LogP contribution in [0.15, 0.2) is 18.2 Å². The minimum atomic E-state index is -0.0372. The number of nitrogens with one attached hydrogen (secondary N) is 1. The van der Waals surface area contributed by atoms with Crippen molar-refractivity contribution < 1.29 is 4.74 Å². The molecule has 0 spiro atoms. The molecule has 0 aromatic heterocycles. The molecule has 2 aliphatic heterocycles. The Kier molecular flexibility index (Phi) is 3.27. The lowest BCUT2D eigenvalue weighted by atomic mass is 10.00. The van der Waals surface area contributed by atoms with Gasteiger partial charge < -0.3 is 10.1 Å². The van der Waals surface area contributed by atoms with Crippen molar-refractivity contribution >= 4 is 0 Å². The zero-order valence-corrected chi connectivity index (χ0v) is 12.2. The van der Waals surface area contributed by atoms with Crippen molar-refractivity contribution in [2.75, 3.05) is 19.6 Å². The summed E-state index contributed by atoms with van der Waals surface area (Å²) in [5.74, 6) is 1.07. The van der Waals surface area contributed by atoms with Gasteiger partial charge in [-0.15, -0.1) is 0 Å². The van der Waals surface area contributed by atoms with E-state index in [0.717, 1.165) is 38.3 Å². The number of rotatable bonds is 2. The van der Waals surface area contributed by atoms with Gasteiger partial charge in [-0.25, -0.2) is 0 Å². The van der Waals surface area contributed by atoms with Crippen LogP contribution in [0.4, 0.5) is 0 Å². The van der Waals surface area contributed by atoms with E-state index in [0.29, 0.717) is 6.04 Å². The molecule has 1 unspecified atom stereocenters. The minimum absolute atomic E-state index is 0.0372. The lowest BCUT2D eigenvalue weighted by Crippen LogP contribution is -2.48. The summed E-state index contributed by atoms with van der Waals surface area (Å²) in [5.41, 5.74) is 2.74. The second-order valence-electron chi connectivity index (χ2n) is 6.57. The van der Waals surface area contributed by atoms with Crippen LogP contribution < -0.4 is 10.1 Å². The fraction of sp³-hybridized carbons (Fsp3) is 0.625. The maximum absolute atomic E-state index is 5.93. The highest BCUT2D eigenvalue weighted by Gasteiger charge is 2.30. The average molecular weight is 260 g/mol. The molecule has 3 heteroatoms. The van der Waals surface area contributed by atoms with Crippen LogP contribution in [0, 0.1) is 0 Å². The van der Waals surface area contributed by atoms with Gasteiger partial charge in [0.15, 0.2) is 0 Å². The highest BCUT2D eigenvalue weighted by molar-refractivity contribution is 5.41. The van der Waals surface area contributed by atoms with Crippen LogP contribution in [-0.4, -0.2) is 36.2 Å². The molecule has 0 bridgehead atoms. The smallest absolute Gasteiger partial charge is 0.123 e. The van der Waals surface area contributed by atoms with Crippen molar-refractivity contribution in [1.29, 1.82) is 0 Å².